The van der Waals surface area contributed by atoms with Gasteiger partial charge in [0.1, 0.15) is 0 Å². The summed E-state index contributed by atoms with van der Waals surface area (Å²) in [5.41, 5.74) is 3.74. The zero-order chi connectivity index (χ0) is 16.1. The molecule has 1 amide bonds. The van der Waals surface area contributed by atoms with Gasteiger partial charge in [-0.1, -0.05) is 18.2 Å². The standard InChI is InChI=1S/C18H18INO2/c1-12-3-8-16(11-13(12)2)20-18(22)10-9-17(21)14-4-6-15(19)7-5-14/h3-8,11H,9-10H2,1-2H3,(H,20,22). The van der Waals surface area contributed by atoms with Gasteiger partial charge in [-0.15, -0.1) is 0 Å². The Hall–Kier alpha value is -1.69. The lowest BCUT2D eigenvalue weighted by atomic mass is 10.1. The van der Waals surface area contributed by atoms with E-state index in [9.17, 15) is 9.59 Å². The van der Waals surface area contributed by atoms with Crippen molar-refractivity contribution in [1.82, 2.24) is 0 Å². The smallest absolute Gasteiger partial charge is 0.224 e. The first-order chi connectivity index (χ1) is 10.5. The van der Waals surface area contributed by atoms with E-state index < -0.39 is 0 Å². The second kappa shape index (κ2) is 7.54. The van der Waals surface area contributed by atoms with Crippen LogP contribution in [0.4, 0.5) is 5.69 Å². The molecule has 0 unspecified atom stereocenters. The second-order valence-electron chi connectivity index (χ2n) is 5.28. The fraction of sp³-hybridized carbons (Fsp3) is 0.222. The Morgan fingerprint density at radius 2 is 1.64 bits per heavy atom. The van der Waals surface area contributed by atoms with Gasteiger partial charge in [-0.2, -0.15) is 0 Å². The summed E-state index contributed by atoms with van der Waals surface area (Å²) in [6.45, 7) is 4.03. The number of carbonyl (C=O) groups excluding carboxylic acids is 2. The topological polar surface area (TPSA) is 46.2 Å². The largest absolute Gasteiger partial charge is 0.326 e. The molecule has 0 spiro atoms. The van der Waals surface area contributed by atoms with Crippen LogP contribution in [0.15, 0.2) is 42.5 Å². The molecule has 2 aromatic carbocycles. The average molecular weight is 407 g/mol. The number of halogens is 1. The number of Topliss-reactive ketones (excluding diaryl/α,β-unsaturated/α-hetero) is 1. The third-order valence-electron chi connectivity index (χ3n) is 3.54. The predicted octanol–water partition coefficient (Wildman–Crippen LogP) is 4.51. The van der Waals surface area contributed by atoms with Crippen molar-refractivity contribution in [2.45, 2.75) is 26.7 Å². The maximum atomic E-state index is 12.0. The Bertz CT molecular complexity index is 693. The Morgan fingerprint density at radius 3 is 2.27 bits per heavy atom. The molecular formula is C18H18INO2. The molecule has 0 saturated heterocycles. The Labute approximate surface area is 144 Å². The third kappa shape index (κ3) is 4.66. The predicted molar refractivity (Wildman–Crippen MR) is 97.3 cm³/mol. The molecule has 0 radical (unpaired) electrons. The van der Waals surface area contributed by atoms with E-state index in [0.717, 1.165) is 14.8 Å². The van der Waals surface area contributed by atoms with E-state index in [2.05, 4.69) is 27.9 Å². The molecular weight excluding hydrogens is 389 g/mol. The van der Waals surface area contributed by atoms with Crippen LogP contribution in [0.25, 0.3) is 0 Å². The van der Waals surface area contributed by atoms with E-state index in [4.69, 9.17) is 0 Å². The van der Waals surface area contributed by atoms with Gasteiger partial charge < -0.3 is 5.32 Å². The lowest BCUT2D eigenvalue weighted by Crippen LogP contribution is -2.13. The van der Waals surface area contributed by atoms with E-state index >= 15 is 0 Å². The third-order valence-corrected chi connectivity index (χ3v) is 4.26. The number of hydrogen-bond donors (Lipinski definition) is 1. The summed E-state index contributed by atoms with van der Waals surface area (Å²) in [6.07, 6.45) is 0.412. The quantitative estimate of drug-likeness (QED) is 0.586. The first kappa shape index (κ1) is 16.7. The Balaban J connectivity index is 1.88. The minimum Gasteiger partial charge on any atom is -0.326 e. The highest BCUT2D eigenvalue weighted by Crippen LogP contribution is 2.15. The first-order valence-corrected chi connectivity index (χ1v) is 8.19. The fourth-order valence-electron chi connectivity index (χ4n) is 2.05. The molecule has 22 heavy (non-hydrogen) atoms. The Morgan fingerprint density at radius 1 is 0.955 bits per heavy atom. The van der Waals surface area contributed by atoms with Crippen molar-refractivity contribution in [3.05, 3.63) is 62.7 Å². The number of aryl methyl sites for hydroxylation is 2. The number of ketones is 1. The van der Waals surface area contributed by atoms with Gasteiger partial charge in [0, 0.05) is 27.7 Å². The zero-order valence-electron chi connectivity index (χ0n) is 12.7. The summed E-state index contributed by atoms with van der Waals surface area (Å²) in [6, 6.07) is 13.2. The van der Waals surface area contributed by atoms with Crippen LogP contribution in [0.3, 0.4) is 0 Å². The fourth-order valence-corrected chi connectivity index (χ4v) is 2.41. The highest BCUT2D eigenvalue weighted by Gasteiger charge is 2.09. The van der Waals surface area contributed by atoms with Crippen LogP contribution >= 0.6 is 22.6 Å². The first-order valence-electron chi connectivity index (χ1n) is 7.11. The minimum atomic E-state index is -0.137. The van der Waals surface area contributed by atoms with Crippen LogP contribution < -0.4 is 5.32 Å². The van der Waals surface area contributed by atoms with Crippen LogP contribution in [-0.2, 0) is 4.79 Å². The van der Waals surface area contributed by atoms with Gasteiger partial charge in [-0.05, 0) is 71.8 Å². The maximum Gasteiger partial charge on any atom is 0.224 e. The van der Waals surface area contributed by atoms with Crippen molar-refractivity contribution >= 4 is 40.0 Å². The summed E-state index contributed by atoms with van der Waals surface area (Å²) in [5.74, 6) is -0.145. The SMILES string of the molecule is Cc1ccc(NC(=O)CCC(=O)c2ccc(I)cc2)cc1C. The summed E-state index contributed by atoms with van der Waals surface area (Å²) >= 11 is 2.19. The van der Waals surface area contributed by atoms with Gasteiger partial charge in [0.15, 0.2) is 5.78 Å². The van der Waals surface area contributed by atoms with E-state index in [0.29, 0.717) is 5.56 Å². The van der Waals surface area contributed by atoms with E-state index in [-0.39, 0.29) is 24.5 Å². The van der Waals surface area contributed by atoms with Gasteiger partial charge in [0.05, 0.1) is 0 Å². The van der Waals surface area contributed by atoms with Crippen molar-refractivity contribution in [2.24, 2.45) is 0 Å². The highest BCUT2D eigenvalue weighted by atomic mass is 127. The minimum absolute atomic E-state index is 0.00774. The molecule has 2 rings (SSSR count). The number of carbonyl (C=O) groups is 2. The molecule has 0 aliphatic heterocycles. The lowest BCUT2D eigenvalue weighted by Gasteiger charge is -2.07. The van der Waals surface area contributed by atoms with Crippen LogP contribution in [0, 0.1) is 17.4 Å². The molecule has 3 nitrogen and oxygen atoms in total. The number of amides is 1. The van der Waals surface area contributed by atoms with Gasteiger partial charge >= 0.3 is 0 Å². The van der Waals surface area contributed by atoms with E-state index in [1.807, 2.05) is 44.2 Å². The van der Waals surface area contributed by atoms with Crippen LogP contribution in [0.2, 0.25) is 0 Å². The van der Waals surface area contributed by atoms with E-state index in [1.54, 1.807) is 12.1 Å². The molecule has 114 valence electrons. The number of anilines is 1. The average Bonchev–Trinajstić information content (AvgIpc) is 2.49. The molecule has 0 aromatic heterocycles. The van der Waals surface area contributed by atoms with Crippen LogP contribution in [0.1, 0.15) is 34.3 Å². The van der Waals surface area contributed by atoms with Crippen molar-refractivity contribution in [3.63, 3.8) is 0 Å². The molecule has 0 aliphatic carbocycles. The van der Waals surface area contributed by atoms with Gasteiger partial charge in [-0.25, -0.2) is 0 Å². The normalized spacial score (nSPS) is 10.3. The Kier molecular flexibility index (Phi) is 5.71. The molecule has 4 heteroatoms. The van der Waals surface area contributed by atoms with Gasteiger partial charge in [0.25, 0.3) is 0 Å². The van der Waals surface area contributed by atoms with Crippen molar-refractivity contribution in [3.8, 4) is 0 Å². The van der Waals surface area contributed by atoms with Crippen molar-refractivity contribution < 1.29 is 9.59 Å². The molecule has 0 atom stereocenters. The molecule has 0 aliphatic rings. The maximum absolute atomic E-state index is 12.0. The van der Waals surface area contributed by atoms with Gasteiger partial charge in [0.2, 0.25) is 5.91 Å². The van der Waals surface area contributed by atoms with E-state index in [1.165, 1.54) is 5.56 Å². The zero-order valence-corrected chi connectivity index (χ0v) is 14.8. The summed E-state index contributed by atoms with van der Waals surface area (Å²) in [4.78, 5) is 24.0. The van der Waals surface area contributed by atoms with Gasteiger partial charge in [-0.3, -0.25) is 9.59 Å². The molecule has 1 N–H and O–H groups in total. The molecule has 0 fully saturated rings. The highest BCUT2D eigenvalue weighted by molar-refractivity contribution is 14.1. The summed E-state index contributed by atoms with van der Waals surface area (Å²) in [7, 11) is 0. The van der Waals surface area contributed by atoms with Crippen molar-refractivity contribution in [1.29, 1.82) is 0 Å². The molecule has 2 aromatic rings. The van der Waals surface area contributed by atoms with Crippen LogP contribution in [0.5, 0.6) is 0 Å². The second-order valence-corrected chi connectivity index (χ2v) is 6.52. The molecule has 0 heterocycles. The summed E-state index contributed by atoms with van der Waals surface area (Å²) in [5, 5.41) is 2.83. The van der Waals surface area contributed by atoms with Crippen LogP contribution in [-0.4, -0.2) is 11.7 Å². The number of rotatable bonds is 5. The number of hydrogen-bond acceptors (Lipinski definition) is 2. The number of nitrogens with one attached hydrogen (secondary N) is 1. The number of benzene rings is 2. The van der Waals surface area contributed by atoms with Crippen molar-refractivity contribution in [2.75, 3.05) is 5.32 Å². The molecule has 0 saturated carbocycles. The summed E-state index contributed by atoms with van der Waals surface area (Å²) < 4.78 is 1.08. The lowest BCUT2D eigenvalue weighted by molar-refractivity contribution is -0.116. The monoisotopic (exact) mass is 407 g/mol. The molecule has 0 bridgehead atoms.